The molecule has 2 nitrogen and oxygen atoms in total. The van der Waals surface area contributed by atoms with Crippen LogP contribution in [0.3, 0.4) is 0 Å². The van der Waals surface area contributed by atoms with Crippen molar-refractivity contribution in [1.82, 2.24) is 5.32 Å². The van der Waals surface area contributed by atoms with Gasteiger partial charge < -0.3 is 10.4 Å². The van der Waals surface area contributed by atoms with Crippen LogP contribution in [0.25, 0.3) is 0 Å². The fourth-order valence-corrected chi connectivity index (χ4v) is 1.43. The van der Waals surface area contributed by atoms with Gasteiger partial charge in [-0.05, 0) is 39.3 Å². The highest BCUT2D eigenvalue weighted by Gasteiger charge is 2.10. The quantitative estimate of drug-likeness (QED) is 0.795. The summed E-state index contributed by atoms with van der Waals surface area (Å²) in [5.74, 6) is 0. The molecule has 0 aliphatic heterocycles. The molecule has 0 radical (unpaired) electrons. The summed E-state index contributed by atoms with van der Waals surface area (Å²) in [7, 11) is 0. The van der Waals surface area contributed by atoms with Gasteiger partial charge in [0, 0.05) is 5.54 Å². The Morgan fingerprint density at radius 2 is 1.80 bits per heavy atom. The molecule has 0 aliphatic carbocycles. The van der Waals surface area contributed by atoms with Gasteiger partial charge in [0.15, 0.2) is 0 Å². The minimum absolute atomic E-state index is 0.121. The Morgan fingerprint density at radius 1 is 1.20 bits per heavy atom. The Morgan fingerprint density at radius 3 is 2.33 bits per heavy atom. The molecule has 0 amide bonds. The standard InChI is InChI=1S/C13H21NO/c1-13(2,3)14-10-9-12(15)11-7-5-4-6-8-11/h4-8,12,14-15H,9-10H2,1-3H3. The van der Waals surface area contributed by atoms with Gasteiger partial charge in [-0.2, -0.15) is 0 Å². The lowest BCUT2D eigenvalue weighted by Crippen LogP contribution is -2.36. The molecule has 0 aromatic heterocycles. The molecule has 84 valence electrons. The molecule has 15 heavy (non-hydrogen) atoms. The summed E-state index contributed by atoms with van der Waals surface area (Å²) < 4.78 is 0. The second-order valence-corrected chi connectivity index (χ2v) is 4.89. The maximum Gasteiger partial charge on any atom is 0.0802 e. The van der Waals surface area contributed by atoms with Crippen molar-refractivity contribution in [2.45, 2.75) is 38.8 Å². The van der Waals surface area contributed by atoms with Crippen LogP contribution in [0.15, 0.2) is 30.3 Å². The smallest absolute Gasteiger partial charge is 0.0802 e. The van der Waals surface area contributed by atoms with E-state index in [4.69, 9.17) is 0 Å². The van der Waals surface area contributed by atoms with Crippen LogP contribution in [-0.4, -0.2) is 17.2 Å². The number of benzene rings is 1. The first-order valence-corrected chi connectivity index (χ1v) is 5.47. The van der Waals surface area contributed by atoms with E-state index < -0.39 is 0 Å². The second kappa shape index (κ2) is 5.29. The first kappa shape index (κ1) is 12.2. The predicted molar refractivity (Wildman–Crippen MR) is 63.8 cm³/mol. The van der Waals surface area contributed by atoms with Gasteiger partial charge in [0.2, 0.25) is 0 Å². The Labute approximate surface area is 92.3 Å². The molecular weight excluding hydrogens is 186 g/mol. The van der Waals surface area contributed by atoms with E-state index in [1.54, 1.807) is 0 Å². The molecule has 0 heterocycles. The van der Waals surface area contributed by atoms with Gasteiger partial charge in [-0.15, -0.1) is 0 Å². The van der Waals surface area contributed by atoms with E-state index in [0.29, 0.717) is 0 Å². The van der Waals surface area contributed by atoms with Gasteiger partial charge in [-0.3, -0.25) is 0 Å². The van der Waals surface area contributed by atoms with E-state index in [9.17, 15) is 5.11 Å². The van der Waals surface area contributed by atoms with E-state index in [1.807, 2.05) is 30.3 Å². The maximum absolute atomic E-state index is 9.88. The van der Waals surface area contributed by atoms with Crippen LogP contribution in [0.5, 0.6) is 0 Å². The summed E-state index contributed by atoms with van der Waals surface area (Å²) in [4.78, 5) is 0. The topological polar surface area (TPSA) is 32.3 Å². The molecule has 0 aliphatic rings. The number of hydrogen-bond acceptors (Lipinski definition) is 2. The predicted octanol–water partition coefficient (Wildman–Crippen LogP) is 2.50. The largest absolute Gasteiger partial charge is 0.388 e. The zero-order valence-electron chi connectivity index (χ0n) is 9.83. The van der Waals surface area contributed by atoms with Crippen LogP contribution in [-0.2, 0) is 0 Å². The van der Waals surface area contributed by atoms with Crippen molar-refractivity contribution >= 4 is 0 Å². The molecule has 1 aromatic rings. The number of nitrogens with one attached hydrogen (secondary N) is 1. The highest BCUT2D eigenvalue weighted by molar-refractivity contribution is 5.17. The summed E-state index contributed by atoms with van der Waals surface area (Å²) in [6.45, 7) is 7.21. The minimum atomic E-state index is -0.360. The average molecular weight is 207 g/mol. The molecule has 0 saturated carbocycles. The first-order chi connectivity index (χ1) is 6.99. The average Bonchev–Trinajstić information content (AvgIpc) is 2.17. The lowest BCUT2D eigenvalue weighted by molar-refractivity contribution is 0.163. The highest BCUT2D eigenvalue weighted by Crippen LogP contribution is 2.15. The third-order valence-electron chi connectivity index (χ3n) is 2.26. The van der Waals surface area contributed by atoms with Gasteiger partial charge in [-0.25, -0.2) is 0 Å². The second-order valence-electron chi connectivity index (χ2n) is 4.89. The Kier molecular flexibility index (Phi) is 4.30. The van der Waals surface area contributed by atoms with Crippen molar-refractivity contribution in [3.63, 3.8) is 0 Å². The molecule has 0 bridgehead atoms. The van der Waals surface area contributed by atoms with Gasteiger partial charge in [0.05, 0.1) is 6.10 Å². The van der Waals surface area contributed by atoms with Crippen molar-refractivity contribution in [3.8, 4) is 0 Å². The van der Waals surface area contributed by atoms with E-state index in [1.165, 1.54) is 0 Å². The third kappa shape index (κ3) is 4.96. The summed E-state index contributed by atoms with van der Waals surface area (Å²) in [5, 5.41) is 13.2. The van der Waals surface area contributed by atoms with Crippen molar-refractivity contribution in [3.05, 3.63) is 35.9 Å². The van der Waals surface area contributed by atoms with Crippen molar-refractivity contribution in [2.75, 3.05) is 6.54 Å². The van der Waals surface area contributed by atoms with Crippen LogP contribution in [0, 0.1) is 0 Å². The van der Waals surface area contributed by atoms with E-state index in [0.717, 1.165) is 18.5 Å². The SMILES string of the molecule is CC(C)(C)NCCC(O)c1ccccc1. The molecule has 0 spiro atoms. The van der Waals surface area contributed by atoms with E-state index in [2.05, 4.69) is 26.1 Å². The molecule has 1 aromatic carbocycles. The number of aliphatic hydroxyl groups is 1. The van der Waals surface area contributed by atoms with Gasteiger partial charge in [-0.1, -0.05) is 30.3 Å². The van der Waals surface area contributed by atoms with Crippen molar-refractivity contribution < 1.29 is 5.11 Å². The fraction of sp³-hybridized carbons (Fsp3) is 0.538. The van der Waals surface area contributed by atoms with Gasteiger partial charge >= 0.3 is 0 Å². The Hall–Kier alpha value is -0.860. The molecule has 2 N–H and O–H groups in total. The highest BCUT2D eigenvalue weighted by atomic mass is 16.3. The first-order valence-electron chi connectivity index (χ1n) is 5.47. The van der Waals surface area contributed by atoms with Crippen LogP contribution in [0.4, 0.5) is 0 Å². The summed E-state index contributed by atoms with van der Waals surface area (Å²) in [6, 6.07) is 9.79. The number of hydrogen-bond donors (Lipinski definition) is 2. The fourth-order valence-electron chi connectivity index (χ4n) is 1.43. The minimum Gasteiger partial charge on any atom is -0.388 e. The Bertz CT molecular complexity index is 276. The Balaban J connectivity index is 2.34. The molecule has 0 fully saturated rings. The molecule has 1 atom stereocenters. The normalized spacial score (nSPS) is 13.9. The monoisotopic (exact) mass is 207 g/mol. The molecular formula is C13H21NO. The lowest BCUT2D eigenvalue weighted by Gasteiger charge is -2.21. The van der Waals surface area contributed by atoms with Crippen LogP contribution in [0.2, 0.25) is 0 Å². The molecule has 2 heteroatoms. The summed E-state index contributed by atoms with van der Waals surface area (Å²) in [5.41, 5.74) is 1.12. The van der Waals surface area contributed by atoms with Crippen molar-refractivity contribution in [2.24, 2.45) is 0 Å². The maximum atomic E-state index is 9.88. The van der Waals surface area contributed by atoms with Crippen molar-refractivity contribution in [1.29, 1.82) is 0 Å². The summed E-state index contributed by atoms with van der Waals surface area (Å²) >= 11 is 0. The lowest BCUT2D eigenvalue weighted by atomic mass is 10.1. The molecule has 0 saturated heterocycles. The number of rotatable bonds is 4. The van der Waals surface area contributed by atoms with Gasteiger partial charge in [0.1, 0.15) is 0 Å². The zero-order valence-corrected chi connectivity index (χ0v) is 9.83. The molecule has 1 rings (SSSR count). The number of aliphatic hydroxyl groups excluding tert-OH is 1. The third-order valence-corrected chi connectivity index (χ3v) is 2.26. The summed E-state index contributed by atoms with van der Waals surface area (Å²) in [6.07, 6.45) is 0.391. The van der Waals surface area contributed by atoms with E-state index >= 15 is 0 Å². The van der Waals surface area contributed by atoms with Crippen LogP contribution in [0.1, 0.15) is 38.9 Å². The van der Waals surface area contributed by atoms with Gasteiger partial charge in [0.25, 0.3) is 0 Å². The van der Waals surface area contributed by atoms with Crippen LogP contribution < -0.4 is 5.32 Å². The van der Waals surface area contributed by atoms with Crippen LogP contribution >= 0.6 is 0 Å². The van der Waals surface area contributed by atoms with E-state index in [-0.39, 0.29) is 11.6 Å². The zero-order chi connectivity index (χ0) is 11.3. The molecule has 1 unspecified atom stereocenters.